The molecule has 1 heterocycles. The standard InChI is InChI=1S/C16H20O/c1-12-11-16(13-7-3-2-4-8-13)17-15-10-6-5-9-14(12)15/h2-4,7-8,15-16H,5-6,9-11H2,1H3/t15?,16-/m1/s1. The largest absolute Gasteiger partial charge is 0.366 e. The number of hydrogen-bond donors (Lipinski definition) is 0. The number of fused-ring (bicyclic) bond motifs is 1. The highest BCUT2D eigenvalue weighted by Crippen LogP contribution is 2.40. The summed E-state index contributed by atoms with van der Waals surface area (Å²) in [6.07, 6.45) is 6.92. The fourth-order valence-corrected chi connectivity index (χ4v) is 3.14. The number of ether oxygens (including phenoxy) is 1. The molecule has 0 N–H and O–H groups in total. The third-order valence-corrected chi connectivity index (χ3v) is 4.09. The average Bonchev–Trinajstić information content (AvgIpc) is 2.40. The van der Waals surface area contributed by atoms with E-state index in [4.69, 9.17) is 4.74 Å². The molecule has 1 aromatic carbocycles. The van der Waals surface area contributed by atoms with Gasteiger partial charge in [0, 0.05) is 0 Å². The van der Waals surface area contributed by atoms with Crippen molar-refractivity contribution >= 4 is 0 Å². The quantitative estimate of drug-likeness (QED) is 0.647. The van der Waals surface area contributed by atoms with E-state index in [1.165, 1.54) is 31.2 Å². The molecule has 1 aliphatic carbocycles. The van der Waals surface area contributed by atoms with Gasteiger partial charge in [0.2, 0.25) is 0 Å². The molecule has 2 aliphatic rings. The summed E-state index contributed by atoms with van der Waals surface area (Å²) in [7, 11) is 0. The van der Waals surface area contributed by atoms with Gasteiger partial charge in [-0.05, 0) is 43.7 Å². The first-order chi connectivity index (χ1) is 8.34. The lowest BCUT2D eigenvalue weighted by Crippen LogP contribution is -2.28. The Morgan fingerprint density at radius 2 is 1.88 bits per heavy atom. The summed E-state index contributed by atoms with van der Waals surface area (Å²) in [5, 5.41) is 0. The number of hydrogen-bond acceptors (Lipinski definition) is 1. The van der Waals surface area contributed by atoms with E-state index in [9.17, 15) is 0 Å². The molecule has 1 aromatic rings. The highest BCUT2D eigenvalue weighted by atomic mass is 16.5. The summed E-state index contributed by atoms with van der Waals surface area (Å²) >= 11 is 0. The molecule has 0 bridgehead atoms. The Morgan fingerprint density at radius 1 is 1.06 bits per heavy atom. The normalized spacial score (nSPS) is 29.0. The zero-order valence-electron chi connectivity index (χ0n) is 10.5. The van der Waals surface area contributed by atoms with Gasteiger partial charge in [-0.1, -0.05) is 42.3 Å². The van der Waals surface area contributed by atoms with Crippen LogP contribution in [0.2, 0.25) is 0 Å². The second-order valence-corrected chi connectivity index (χ2v) is 5.28. The molecule has 17 heavy (non-hydrogen) atoms. The molecule has 90 valence electrons. The Bertz CT molecular complexity index is 418. The van der Waals surface area contributed by atoms with Crippen molar-refractivity contribution in [1.29, 1.82) is 0 Å². The van der Waals surface area contributed by atoms with Gasteiger partial charge in [0.1, 0.15) is 0 Å². The van der Waals surface area contributed by atoms with Gasteiger partial charge in [-0.25, -0.2) is 0 Å². The minimum absolute atomic E-state index is 0.281. The fourth-order valence-electron chi connectivity index (χ4n) is 3.14. The summed E-state index contributed by atoms with van der Waals surface area (Å²) in [6, 6.07) is 10.7. The zero-order valence-corrected chi connectivity index (χ0v) is 10.5. The Hall–Kier alpha value is -1.08. The van der Waals surface area contributed by atoms with Crippen LogP contribution in [0.3, 0.4) is 0 Å². The van der Waals surface area contributed by atoms with E-state index in [-0.39, 0.29) is 6.10 Å². The molecule has 1 saturated carbocycles. The molecule has 0 saturated heterocycles. The van der Waals surface area contributed by atoms with Crippen molar-refractivity contribution in [2.24, 2.45) is 0 Å². The third-order valence-electron chi connectivity index (χ3n) is 4.09. The van der Waals surface area contributed by atoms with Crippen LogP contribution in [0.1, 0.15) is 50.7 Å². The Balaban J connectivity index is 1.85. The van der Waals surface area contributed by atoms with Crippen molar-refractivity contribution in [1.82, 2.24) is 0 Å². The SMILES string of the molecule is CC1=C2CCCCC2O[C@@H](c2ccccc2)C1. The van der Waals surface area contributed by atoms with Gasteiger partial charge in [-0.15, -0.1) is 0 Å². The van der Waals surface area contributed by atoms with Crippen LogP contribution in [-0.4, -0.2) is 6.10 Å². The summed E-state index contributed by atoms with van der Waals surface area (Å²) in [6.45, 7) is 2.30. The first-order valence-corrected chi connectivity index (χ1v) is 6.73. The molecule has 1 fully saturated rings. The van der Waals surface area contributed by atoms with Crippen molar-refractivity contribution in [3.8, 4) is 0 Å². The molecule has 0 spiro atoms. The summed E-state index contributed by atoms with van der Waals surface area (Å²) in [4.78, 5) is 0. The lowest BCUT2D eigenvalue weighted by Gasteiger charge is -2.36. The molecule has 0 radical (unpaired) electrons. The van der Waals surface area contributed by atoms with Crippen LogP contribution < -0.4 is 0 Å². The van der Waals surface area contributed by atoms with Gasteiger partial charge in [0.25, 0.3) is 0 Å². The van der Waals surface area contributed by atoms with Crippen LogP contribution in [0.5, 0.6) is 0 Å². The third kappa shape index (κ3) is 2.16. The molecular weight excluding hydrogens is 208 g/mol. The molecule has 2 atom stereocenters. The highest BCUT2D eigenvalue weighted by molar-refractivity contribution is 5.27. The Morgan fingerprint density at radius 3 is 2.71 bits per heavy atom. The van der Waals surface area contributed by atoms with Gasteiger partial charge >= 0.3 is 0 Å². The fraction of sp³-hybridized carbons (Fsp3) is 0.500. The van der Waals surface area contributed by atoms with Crippen molar-refractivity contribution in [2.75, 3.05) is 0 Å². The van der Waals surface area contributed by atoms with Crippen molar-refractivity contribution in [3.05, 3.63) is 47.0 Å². The van der Waals surface area contributed by atoms with Gasteiger partial charge < -0.3 is 4.74 Å². The van der Waals surface area contributed by atoms with Gasteiger partial charge in [-0.3, -0.25) is 0 Å². The zero-order chi connectivity index (χ0) is 11.7. The summed E-state index contributed by atoms with van der Waals surface area (Å²) < 4.78 is 6.29. The predicted molar refractivity (Wildman–Crippen MR) is 69.8 cm³/mol. The smallest absolute Gasteiger partial charge is 0.0870 e. The molecule has 1 nitrogen and oxygen atoms in total. The Kier molecular flexibility index (Phi) is 3.02. The molecule has 1 unspecified atom stereocenters. The summed E-state index contributed by atoms with van der Waals surface area (Å²) in [5.74, 6) is 0. The topological polar surface area (TPSA) is 9.23 Å². The Labute approximate surface area is 103 Å². The molecule has 3 rings (SSSR count). The lowest BCUT2D eigenvalue weighted by atomic mass is 9.84. The molecular formula is C16H20O. The monoisotopic (exact) mass is 228 g/mol. The van der Waals surface area contributed by atoms with E-state index in [1.54, 1.807) is 11.1 Å². The van der Waals surface area contributed by atoms with E-state index in [0.29, 0.717) is 6.10 Å². The number of benzene rings is 1. The lowest BCUT2D eigenvalue weighted by molar-refractivity contribution is -0.0181. The van der Waals surface area contributed by atoms with Crippen molar-refractivity contribution in [3.63, 3.8) is 0 Å². The van der Waals surface area contributed by atoms with Crippen LogP contribution in [-0.2, 0) is 4.74 Å². The molecule has 1 heteroatoms. The summed E-state index contributed by atoms with van der Waals surface area (Å²) in [5.41, 5.74) is 4.51. The van der Waals surface area contributed by atoms with E-state index in [1.807, 2.05) is 0 Å². The van der Waals surface area contributed by atoms with Crippen LogP contribution in [0, 0.1) is 0 Å². The highest BCUT2D eigenvalue weighted by Gasteiger charge is 2.30. The predicted octanol–water partition coefficient (Wildman–Crippen LogP) is 4.41. The number of rotatable bonds is 1. The minimum Gasteiger partial charge on any atom is -0.366 e. The second-order valence-electron chi connectivity index (χ2n) is 5.28. The van der Waals surface area contributed by atoms with E-state index < -0.39 is 0 Å². The first-order valence-electron chi connectivity index (χ1n) is 6.73. The van der Waals surface area contributed by atoms with Crippen LogP contribution in [0.15, 0.2) is 41.5 Å². The van der Waals surface area contributed by atoms with Gasteiger partial charge in [0.15, 0.2) is 0 Å². The minimum atomic E-state index is 0.281. The van der Waals surface area contributed by atoms with Crippen molar-refractivity contribution in [2.45, 2.75) is 51.2 Å². The van der Waals surface area contributed by atoms with Crippen LogP contribution >= 0.6 is 0 Å². The second kappa shape index (κ2) is 4.66. The maximum atomic E-state index is 6.29. The maximum absolute atomic E-state index is 6.29. The molecule has 0 amide bonds. The van der Waals surface area contributed by atoms with Crippen LogP contribution in [0.25, 0.3) is 0 Å². The van der Waals surface area contributed by atoms with Crippen molar-refractivity contribution < 1.29 is 4.74 Å². The van der Waals surface area contributed by atoms with E-state index in [0.717, 1.165) is 6.42 Å². The molecule has 0 aromatic heterocycles. The van der Waals surface area contributed by atoms with E-state index in [2.05, 4.69) is 37.3 Å². The van der Waals surface area contributed by atoms with E-state index >= 15 is 0 Å². The van der Waals surface area contributed by atoms with Crippen LogP contribution in [0.4, 0.5) is 0 Å². The molecule has 1 aliphatic heterocycles. The first kappa shape index (κ1) is 11.0. The van der Waals surface area contributed by atoms with Gasteiger partial charge in [-0.2, -0.15) is 0 Å². The average molecular weight is 228 g/mol. The maximum Gasteiger partial charge on any atom is 0.0870 e. The van der Waals surface area contributed by atoms with Gasteiger partial charge in [0.05, 0.1) is 12.2 Å².